The molecule has 1 aliphatic rings. The summed E-state index contributed by atoms with van der Waals surface area (Å²) < 4.78 is 28.4. The van der Waals surface area contributed by atoms with Gasteiger partial charge in [-0.25, -0.2) is 8.42 Å². The Morgan fingerprint density at radius 3 is 2.24 bits per heavy atom. The van der Waals surface area contributed by atoms with Crippen LogP contribution in [-0.4, -0.2) is 34.0 Å². The van der Waals surface area contributed by atoms with E-state index in [1.807, 2.05) is 32.9 Å². The van der Waals surface area contributed by atoms with Crippen molar-refractivity contribution in [3.63, 3.8) is 0 Å². The molecule has 1 N–H and O–H groups in total. The van der Waals surface area contributed by atoms with E-state index >= 15 is 0 Å². The number of hydrogen-bond acceptors (Lipinski definition) is 4. The number of carbonyl (C=O) groups excluding carboxylic acids is 1. The number of rotatable bonds is 8. The minimum atomic E-state index is -4.01. The number of aryl methyl sites for hydroxylation is 2. The zero-order valence-electron chi connectivity index (χ0n) is 21.6. The van der Waals surface area contributed by atoms with Crippen LogP contribution in [0.3, 0.4) is 0 Å². The Hall–Kier alpha value is -3.03. The highest BCUT2D eigenvalue weighted by atomic mass is 35.5. The molecule has 1 saturated heterocycles. The minimum Gasteiger partial charge on any atom is -0.372 e. The Kier molecular flexibility index (Phi) is 8.45. The summed E-state index contributed by atoms with van der Waals surface area (Å²) in [6.45, 7) is 7.40. The monoisotopic (exact) mass is 539 g/mol. The Labute approximate surface area is 225 Å². The molecule has 1 fully saturated rings. The molecule has 8 heteroatoms. The fourth-order valence-electron chi connectivity index (χ4n) is 4.52. The predicted octanol–water partition coefficient (Wildman–Crippen LogP) is 6.02. The molecule has 0 spiro atoms. The average molecular weight is 540 g/mol. The molecule has 1 heterocycles. The molecule has 3 aromatic carbocycles. The van der Waals surface area contributed by atoms with Crippen LogP contribution < -0.4 is 14.5 Å². The summed E-state index contributed by atoms with van der Waals surface area (Å²) in [5.41, 5.74) is 4.25. The lowest BCUT2D eigenvalue weighted by Gasteiger charge is -2.29. The summed E-state index contributed by atoms with van der Waals surface area (Å²) in [7, 11) is -4.01. The SMILES string of the molecule is Cc1ccc(S(=O)(=O)N(CC(=O)NC(C)c2ccc(N3CCCCC3)cc2)c2ccc(C)c(Cl)c2)cc1. The maximum atomic E-state index is 13.6. The lowest BCUT2D eigenvalue weighted by atomic mass is 10.1. The maximum Gasteiger partial charge on any atom is 0.264 e. The van der Waals surface area contributed by atoms with Gasteiger partial charge in [0.05, 0.1) is 16.6 Å². The highest BCUT2D eigenvalue weighted by Gasteiger charge is 2.28. The van der Waals surface area contributed by atoms with Crippen molar-refractivity contribution < 1.29 is 13.2 Å². The molecule has 4 rings (SSSR count). The molecule has 0 bridgehead atoms. The predicted molar refractivity (Wildman–Crippen MR) is 151 cm³/mol. The van der Waals surface area contributed by atoms with E-state index in [1.54, 1.807) is 42.5 Å². The number of benzene rings is 3. The van der Waals surface area contributed by atoms with Gasteiger partial charge < -0.3 is 10.2 Å². The van der Waals surface area contributed by atoms with Gasteiger partial charge in [0.1, 0.15) is 6.54 Å². The second-order valence-corrected chi connectivity index (χ2v) is 12.0. The van der Waals surface area contributed by atoms with E-state index in [0.717, 1.165) is 34.1 Å². The molecular formula is C29H34ClN3O3S. The van der Waals surface area contributed by atoms with Crippen molar-refractivity contribution >= 4 is 38.9 Å². The van der Waals surface area contributed by atoms with Gasteiger partial charge >= 0.3 is 0 Å². The van der Waals surface area contributed by atoms with Gasteiger partial charge in [-0.3, -0.25) is 9.10 Å². The Morgan fingerprint density at radius 2 is 1.62 bits per heavy atom. The number of nitrogens with zero attached hydrogens (tertiary/aromatic N) is 2. The number of hydrogen-bond donors (Lipinski definition) is 1. The molecule has 0 aromatic heterocycles. The van der Waals surface area contributed by atoms with E-state index in [2.05, 4.69) is 22.3 Å². The fourth-order valence-corrected chi connectivity index (χ4v) is 6.10. The number of halogens is 1. The Bertz CT molecular complexity index is 1340. The van der Waals surface area contributed by atoms with Gasteiger partial charge in [0.2, 0.25) is 5.91 Å². The quantitative estimate of drug-likeness (QED) is 0.380. The molecule has 1 aliphatic heterocycles. The van der Waals surface area contributed by atoms with Gasteiger partial charge in [-0.05, 0) is 87.6 Å². The fraction of sp³-hybridized carbons (Fsp3) is 0.345. The van der Waals surface area contributed by atoms with Crippen molar-refractivity contribution in [3.05, 3.63) is 88.4 Å². The molecule has 1 atom stereocenters. The molecule has 3 aromatic rings. The maximum absolute atomic E-state index is 13.6. The summed E-state index contributed by atoms with van der Waals surface area (Å²) in [6.07, 6.45) is 3.70. The van der Waals surface area contributed by atoms with Gasteiger partial charge in [-0.15, -0.1) is 0 Å². The number of sulfonamides is 1. The van der Waals surface area contributed by atoms with Crippen LogP contribution in [0.1, 0.15) is 48.9 Å². The summed E-state index contributed by atoms with van der Waals surface area (Å²) in [5, 5.41) is 3.40. The van der Waals surface area contributed by atoms with E-state index in [-0.39, 0.29) is 17.5 Å². The standard InChI is InChI=1S/C29H34ClN3O3S/c1-21-7-15-27(16-8-21)37(35,36)33(26-12-9-22(2)28(30)19-26)20-29(34)31-23(3)24-10-13-25(14-11-24)32-17-5-4-6-18-32/h7-16,19,23H,4-6,17-18,20H2,1-3H3,(H,31,34). The van der Waals surface area contributed by atoms with E-state index in [1.165, 1.54) is 24.9 Å². The first-order chi connectivity index (χ1) is 17.6. The van der Waals surface area contributed by atoms with Gasteiger partial charge in [-0.1, -0.05) is 47.5 Å². The van der Waals surface area contributed by atoms with Crippen LogP contribution in [0.15, 0.2) is 71.6 Å². The van der Waals surface area contributed by atoms with E-state index in [9.17, 15) is 13.2 Å². The van der Waals surface area contributed by atoms with E-state index < -0.39 is 15.9 Å². The van der Waals surface area contributed by atoms with Crippen LogP contribution in [0.4, 0.5) is 11.4 Å². The number of piperidine rings is 1. The highest BCUT2D eigenvalue weighted by Crippen LogP contribution is 2.28. The molecule has 0 saturated carbocycles. The molecule has 1 unspecified atom stereocenters. The normalized spacial score (nSPS) is 14.8. The lowest BCUT2D eigenvalue weighted by molar-refractivity contribution is -0.120. The molecule has 196 valence electrons. The van der Waals surface area contributed by atoms with E-state index in [0.29, 0.717) is 10.7 Å². The van der Waals surface area contributed by atoms with Crippen LogP contribution in [0, 0.1) is 13.8 Å². The van der Waals surface area contributed by atoms with Crippen LogP contribution in [0.5, 0.6) is 0 Å². The summed E-state index contributed by atoms with van der Waals surface area (Å²) in [5.74, 6) is -0.403. The first kappa shape index (κ1) is 27.0. The molecule has 6 nitrogen and oxygen atoms in total. The van der Waals surface area contributed by atoms with Gasteiger partial charge in [0.15, 0.2) is 0 Å². The lowest BCUT2D eigenvalue weighted by Crippen LogP contribution is -2.41. The van der Waals surface area contributed by atoms with Crippen LogP contribution in [0.25, 0.3) is 0 Å². The average Bonchev–Trinajstić information content (AvgIpc) is 2.89. The number of amides is 1. The number of anilines is 2. The third kappa shape index (κ3) is 6.46. The topological polar surface area (TPSA) is 69.7 Å². The molecule has 1 amide bonds. The van der Waals surface area contributed by atoms with Crippen molar-refractivity contribution in [1.82, 2.24) is 5.32 Å². The number of carbonyl (C=O) groups is 1. The van der Waals surface area contributed by atoms with Crippen molar-refractivity contribution in [2.45, 2.75) is 51.0 Å². The molecule has 37 heavy (non-hydrogen) atoms. The first-order valence-electron chi connectivity index (χ1n) is 12.6. The van der Waals surface area contributed by atoms with Crippen molar-refractivity contribution in [3.8, 4) is 0 Å². The second kappa shape index (κ2) is 11.6. The largest absolute Gasteiger partial charge is 0.372 e. The Balaban J connectivity index is 1.53. The third-order valence-corrected chi connectivity index (χ3v) is 9.03. The summed E-state index contributed by atoms with van der Waals surface area (Å²) >= 11 is 6.32. The third-order valence-electron chi connectivity index (χ3n) is 6.83. The van der Waals surface area contributed by atoms with Crippen molar-refractivity contribution in [2.75, 3.05) is 28.8 Å². The highest BCUT2D eigenvalue weighted by molar-refractivity contribution is 7.92. The van der Waals surface area contributed by atoms with Gasteiger partial charge in [0, 0.05) is 23.8 Å². The van der Waals surface area contributed by atoms with Crippen LogP contribution in [0.2, 0.25) is 5.02 Å². The summed E-state index contributed by atoms with van der Waals surface area (Å²) in [6, 6.07) is 19.5. The first-order valence-corrected chi connectivity index (χ1v) is 14.5. The van der Waals surface area contributed by atoms with Crippen LogP contribution >= 0.6 is 11.6 Å². The second-order valence-electron chi connectivity index (χ2n) is 9.69. The van der Waals surface area contributed by atoms with E-state index in [4.69, 9.17) is 11.6 Å². The minimum absolute atomic E-state index is 0.115. The molecule has 0 radical (unpaired) electrons. The molecule has 0 aliphatic carbocycles. The van der Waals surface area contributed by atoms with Crippen molar-refractivity contribution in [2.24, 2.45) is 0 Å². The van der Waals surface area contributed by atoms with Gasteiger partial charge in [0.25, 0.3) is 10.0 Å². The van der Waals surface area contributed by atoms with Gasteiger partial charge in [-0.2, -0.15) is 0 Å². The zero-order chi connectivity index (χ0) is 26.6. The Morgan fingerprint density at radius 1 is 0.973 bits per heavy atom. The smallest absolute Gasteiger partial charge is 0.264 e. The van der Waals surface area contributed by atoms with Crippen molar-refractivity contribution in [1.29, 1.82) is 0 Å². The molecular weight excluding hydrogens is 506 g/mol. The zero-order valence-corrected chi connectivity index (χ0v) is 23.1. The van der Waals surface area contributed by atoms with Crippen LogP contribution in [-0.2, 0) is 14.8 Å². The number of nitrogens with one attached hydrogen (secondary N) is 1. The summed E-state index contributed by atoms with van der Waals surface area (Å²) in [4.78, 5) is 15.7.